The second-order valence-electron chi connectivity index (χ2n) is 6.55. The summed E-state index contributed by atoms with van der Waals surface area (Å²) in [7, 11) is -0.383. The topological polar surface area (TPSA) is 35.5 Å². The van der Waals surface area contributed by atoms with E-state index in [2.05, 4.69) is 0 Å². The van der Waals surface area contributed by atoms with E-state index >= 15 is 0 Å². The quantitative estimate of drug-likeness (QED) is 0.789. The van der Waals surface area contributed by atoms with Gasteiger partial charge in [-0.1, -0.05) is 30.3 Å². The number of hydrogen-bond donors (Lipinski definition) is 0. The van der Waals surface area contributed by atoms with Crippen molar-refractivity contribution in [3.63, 3.8) is 0 Å². The minimum atomic E-state index is -0.383. The second kappa shape index (κ2) is 5.34. The van der Waals surface area contributed by atoms with E-state index in [1.807, 2.05) is 58.0 Å². The van der Waals surface area contributed by atoms with Crippen LogP contribution in [0.15, 0.2) is 30.3 Å². The summed E-state index contributed by atoms with van der Waals surface area (Å²) in [6.07, 6.45) is 0.431. The zero-order valence-corrected chi connectivity index (χ0v) is 13.0. The van der Waals surface area contributed by atoms with Crippen LogP contribution in [0.25, 0.3) is 0 Å². The molecule has 0 bridgehead atoms. The van der Waals surface area contributed by atoms with Crippen molar-refractivity contribution in [2.24, 2.45) is 0 Å². The summed E-state index contributed by atoms with van der Waals surface area (Å²) in [6, 6.07) is 9.98. The van der Waals surface area contributed by atoms with Crippen LogP contribution >= 0.6 is 0 Å². The molecule has 1 saturated heterocycles. The number of carbonyl (C=O) groups excluding carboxylic acids is 1. The Bertz CT molecular complexity index is 466. The molecule has 0 saturated carbocycles. The molecule has 1 heterocycles. The van der Waals surface area contributed by atoms with Crippen molar-refractivity contribution in [3.05, 3.63) is 35.9 Å². The highest BCUT2D eigenvalue weighted by molar-refractivity contribution is 6.48. The molecule has 108 valence electrons. The highest BCUT2D eigenvalue weighted by Crippen LogP contribution is 2.41. The van der Waals surface area contributed by atoms with E-state index in [1.165, 1.54) is 0 Å². The van der Waals surface area contributed by atoms with Gasteiger partial charge in [0.1, 0.15) is 5.78 Å². The molecule has 0 N–H and O–H groups in total. The molecule has 20 heavy (non-hydrogen) atoms. The van der Waals surface area contributed by atoms with E-state index in [0.717, 1.165) is 5.56 Å². The van der Waals surface area contributed by atoms with Crippen molar-refractivity contribution < 1.29 is 14.1 Å². The number of Topliss-reactive ketones (excluding diaryl/α,β-unsaturated/α-hetero) is 1. The highest BCUT2D eigenvalue weighted by Gasteiger charge is 2.54. The molecule has 1 atom stereocenters. The molecule has 0 amide bonds. The fourth-order valence-electron chi connectivity index (χ4n) is 2.43. The average molecular weight is 274 g/mol. The first kappa shape index (κ1) is 15.3. The molecule has 1 aliphatic rings. The van der Waals surface area contributed by atoms with Gasteiger partial charge in [-0.3, -0.25) is 0 Å². The van der Waals surface area contributed by atoms with Crippen LogP contribution in [0, 0.1) is 0 Å². The van der Waals surface area contributed by atoms with E-state index < -0.39 is 0 Å². The molecular formula is C16H23BO3. The van der Waals surface area contributed by atoms with Gasteiger partial charge in [-0.2, -0.15) is 0 Å². The molecule has 1 aromatic carbocycles. The van der Waals surface area contributed by atoms with Crippen LogP contribution in [0.1, 0.15) is 52.4 Å². The van der Waals surface area contributed by atoms with Gasteiger partial charge in [0.05, 0.1) is 11.2 Å². The maximum atomic E-state index is 11.6. The molecule has 1 aromatic rings. The summed E-state index contributed by atoms with van der Waals surface area (Å²) >= 11 is 0. The van der Waals surface area contributed by atoms with Gasteiger partial charge in [0, 0.05) is 12.2 Å². The summed E-state index contributed by atoms with van der Waals surface area (Å²) in [5.74, 6) is 0.0864. The van der Waals surface area contributed by atoms with E-state index in [1.54, 1.807) is 6.92 Å². The lowest BCUT2D eigenvalue weighted by molar-refractivity contribution is -0.117. The zero-order chi connectivity index (χ0) is 15.0. The summed E-state index contributed by atoms with van der Waals surface area (Å²) < 4.78 is 12.2. The third-order valence-corrected chi connectivity index (χ3v) is 4.34. The zero-order valence-electron chi connectivity index (χ0n) is 13.0. The Morgan fingerprint density at radius 3 is 2.05 bits per heavy atom. The smallest absolute Gasteiger partial charge is 0.403 e. The Hall–Kier alpha value is -1.13. The van der Waals surface area contributed by atoms with Crippen LogP contribution < -0.4 is 0 Å². The first-order chi connectivity index (χ1) is 9.23. The first-order valence-corrected chi connectivity index (χ1v) is 7.13. The van der Waals surface area contributed by atoms with Crippen LogP contribution in [0.4, 0.5) is 0 Å². The molecular weight excluding hydrogens is 251 g/mol. The van der Waals surface area contributed by atoms with Crippen LogP contribution in [0.5, 0.6) is 0 Å². The number of carbonyl (C=O) groups is 1. The summed E-state index contributed by atoms with van der Waals surface area (Å²) in [4.78, 5) is 11.6. The van der Waals surface area contributed by atoms with Gasteiger partial charge >= 0.3 is 7.12 Å². The number of rotatable bonds is 4. The van der Waals surface area contributed by atoms with Crippen LogP contribution in [-0.4, -0.2) is 24.1 Å². The Kier molecular flexibility index (Phi) is 4.08. The SMILES string of the molecule is CC(=O)CC(B1OC(C)(C)C(C)(C)O1)c1ccccc1. The van der Waals surface area contributed by atoms with Crippen molar-refractivity contribution in [1.82, 2.24) is 0 Å². The number of benzene rings is 1. The van der Waals surface area contributed by atoms with Crippen molar-refractivity contribution >= 4 is 12.9 Å². The van der Waals surface area contributed by atoms with Crippen molar-refractivity contribution in [1.29, 1.82) is 0 Å². The predicted octanol–water partition coefficient (Wildman–Crippen LogP) is 3.38. The molecule has 4 heteroatoms. The normalized spacial score (nSPS) is 21.8. The third kappa shape index (κ3) is 2.96. The molecule has 0 radical (unpaired) electrons. The predicted molar refractivity (Wildman–Crippen MR) is 80.6 cm³/mol. The van der Waals surface area contributed by atoms with Gasteiger partial charge in [0.2, 0.25) is 0 Å². The fraction of sp³-hybridized carbons (Fsp3) is 0.562. The lowest BCUT2D eigenvalue weighted by atomic mass is 9.65. The number of hydrogen-bond acceptors (Lipinski definition) is 3. The fourth-order valence-corrected chi connectivity index (χ4v) is 2.43. The Labute approximate surface area is 121 Å². The summed E-state index contributed by atoms with van der Waals surface area (Å²) in [5.41, 5.74) is 0.337. The first-order valence-electron chi connectivity index (χ1n) is 7.13. The Balaban J connectivity index is 2.28. The van der Waals surface area contributed by atoms with Gasteiger partial charge in [0.25, 0.3) is 0 Å². The van der Waals surface area contributed by atoms with E-state index in [4.69, 9.17) is 9.31 Å². The standard InChI is InChI=1S/C16H23BO3/c1-12(18)11-14(13-9-7-6-8-10-13)17-19-15(2,3)16(4,5)20-17/h6-10,14H,11H2,1-5H3. The Morgan fingerprint density at radius 1 is 1.10 bits per heavy atom. The molecule has 1 fully saturated rings. The van der Waals surface area contributed by atoms with Crippen LogP contribution in [0.3, 0.4) is 0 Å². The highest BCUT2D eigenvalue weighted by atomic mass is 16.7. The van der Waals surface area contributed by atoms with Crippen molar-refractivity contribution in [2.45, 2.75) is 58.1 Å². The molecule has 1 unspecified atom stereocenters. The van der Waals surface area contributed by atoms with Crippen molar-refractivity contribution in [2.75, 3.05) is 0 Å². The van der Waals surface area contributed by atoms with Gasteiger partial charge < -0.3 is 14.1 Å². The van der Waals surface area contributed by atoms with Crippen LogP contribution in [-0.2, 0) is 14.1 Å². The summed E-state index contributed by atoms with van der Waals surface area (Å²) in [5, 5.41) is 0. The van der Waals surface area contributed by atoms with E-state index in [0.29, 0.717) is 6.42 Å². The molecule has 1 aliphatic heterocycles. The molecule has 2 rings (SSSR count). The van der Waals surface area contributed by atoms with Crippen LogP contribution in [0.2, 0.25) is 0 Å². The molecule has 0 aliphatic carbocycles. The minimum absolute atomic E-state index is 0.0604. The summed E-state index contributed by atoms with van der Waals surface area (Å²) in [6.45, 7) is 9.73. The molecule has 0 spiro atoms. The number of ketones is 1. The van der Waals surface area contributed by atoms with Gasteiger partial charge in [-0.25, -0.2) is 0 Å². The molecule has 0 aromatic heterocycles. The lowest BCUT2D eigenvalue weighted by Crippen LogP contribution is -2.41. The monoisotopic (exact) mass is 274 g/mol. The average Bonchev–Trinajstić information content (AvgIpc) is 2.56. The van der Waals surface area contributed by atoms with Crippen molar-refractivity contribution in [3.8, 4) is 0 Å². The Morgan fingerprint density at radius 2 is 1.60 bits per heavy atom. The lowest BCUT2D eigenvalue weighted by Gasteiger charge is -2.32. The third-order valence-electron chi connectivity index (χ3n) is 4.34. The molecule has 3 nitrogen and oxygen atoms in total. The maximum Gasteiger partial charge on any atom is 0.466 e. The van der Waals surface area contributed by atoms with Gasteiger partial charge in [-0.05, 0) is 40.2 Å². The largest absolute Gasteiger partial charge is 0.466 e. The van der Waals surface area contributed by atoms with Gasteiger partial charge in [0.15, 0.2) is 0 Å². The van der Waals surface area contributed by atoms with Gasteiger partial charge in [-0.15, -0.1) is 0 Å². The second-order valence-corrected chi connectivity index (χ2v) is 6.55. The minimum Gasteiger partial charge on any atom is -0.403 e. The van der Waals surface area contributed by atoms with E-state index in [9.17, 15) is 4.79 Å². The maximum absolute atomic E-state index is 11.6. The van der Waals surface area contributed by atoms with E-state index in [-0.39, 0.29) is 29.9 Å².